The van der Waals surface area contributed by atoms with Crippen molar-refractivity contribution >= 4 is 44.6 Å². The van der Waals surface area contributed by atoms with Crippen molar-refractivity contribution in [2.24, 2.45) is 5.73 Å². The zero-order valence-corrected chi connectivity index (χ0v) is 19.6. The lowest BCUT2D eigenvalue weighted by Gasteiger charge is -2.17. The van der Waals surface area contributed by atoms with Gasteiger partial charge in [0.15, 0.2) is 21.4 Å². The van der Waals surface area contributed by atoms with Crippen LogP contribution in [0.3, 0.4) is 0 Å². The van der Waals surface area contributed by atoms with E-state index in [0.29, 0.717) is 11.4 Å². The van der Waals surface area contributed by atoms with E-state index >= 15 is 0 Å². The van der Waals surface area contributed by atoms with Crippen LogP contribution in [-0.2, 0) is 14.6 Å². The number of carbonyl (C=O) groups is 1. The van der Waals surface area contributed by atoms with Gasteiger partial charge >= 0.3 is 6.61 Å². The molecule has 0 saturated heterocycles. The Balaban J connectivity index is 1.92. The van der Waals surface area contributed by atoms with Crippen molar-refractivity contribution in [3.63, 3.8) is 0 Å². The van der Waals surface area contributed by atoms with Crippen molar-refractivity contribution in [1.29, 1.82) is 0 Å². The molecule has 35 heavy (non-hydrogen) atoms. The number of para-hydroxylation sites is 1. The highest BCUT2D eigenvalue weighted by atomic mass is 32.2. The second-order valence-corrected chi connectivity index (χ2v) is 9.93. The van der Waals surface area contributed by atoms with Gasteiger partial charge in [0.1, 0.15) is 0 Å². The average Bonchev–Trinajstić information content (AvgIpc) is 2.81. The molecule has 0 unspecified atom stereocenters. The summed E-state index contributed by atoms with van der Waals surface area (Å²) in [7, 11) is -3.69. The standard InChI is InChI=1S/C22H24F2N6O4S/c1-13(2)35(32,33)18-6-4-3-5-16(18)29-20-17(34-21(23)24)12-26-22(30-20)28-15-9-7-14(8-10-15)27-19(31)11-25/h3-10,12-13,21H,11,25H2,1-2H3,(H,27,31)(H2,26,28,29,30). The molecule has 3 rings (SSSR count). The Kier molecular flexibility index (Phi) is 8.14. The van der Waals surface area contributed by atoms with E-state index in [4.69, 9.17) is 5.73 Å². The third-order valence-corrected chi connectivity index (χ3v) is 6.86. The first kappa shape index (κ1) is 25.8. The molecular formula is C22H24F2N6O4S. The fourth-order valence-corrected chi connectivity index (χ4v) is 4.08. The fraction of sp³-hybridized carbons (Fsp3) is 0.227. The van der Waals surface area contributed by atoms with Gasteiger partial charge in [-0.1, -0.05) is 12.1 Å². The first-order valence-corrected chi connectivity index (χ1v) is 11.9. The summed E-state index contributed by atoms with van der Waals surface area (Å²) in [4.78, 5) is 19.6. The number of anilines is 5. The molecule has 10 nitrogen and oxygen atoms in total. The number of carbonyl (C=O) groups excluding carboxylic acids is 1. The van der Waals surface area contributed by atoms with E-state index < -0.39 is 21.7 Å². The Bertz CT molecular complexity index is 1290. The Morgan fingerprint density at radius 1 is 1.06 bits per heavy atom. The third kappa shape index (κ3) is 6.61. The molecule has 3 aromatic rings. The van der Waals surface area contributed by atoms with Crippen LogP contribution in [-0.4, -0.2) is 42.7 Å². The molecule has 0 saturated carbocycles. The van der Waals surface area contributed by atoms with Crippen molar-refractivity contribution in [2.45, 2.75) is 30.6 Å². The molecule has 0 aliphatic carbocycles. The molecule has 0 atom stereocenters. The number of nitrogens with one attached hydrogen (secondary N) is 3. The highest BCUT2D eigenvalue weighted by Crippen LogP contribution is 2.32. The van der Waals surface area contributed by atoms with Gasteiger partial charge in [0.2, 0.25) is 11.9 Å². The van der Waals surface area contributed by atoms with Gasteiger partial charge in [0, 0.05) is 11.4 Å². The Labute approximate surface area is 200 Å². The van der Waals surface area contributed by atoms with Crippen LogP contribution in [0.1, 0.15) is 13.8 Å². The van der Waals surface area contributed by atoms with Crippen LogP contribution in [0.4, 0.5) is 37.6 Å². The van der Waals surface area contributed by atoms with Crippen molar-refractivity contribution < 1.29 is 26.7 Å². The van der Waals surface area contributed by atoms with Crippen molar-refractivity contribution in [2.75, 3.05) is 22.5 Å². The maximum Gasteiger partial charge on any atom is 0.387 e. The lowest BCUT2D eigenvalue weighted by atomic mass is 10.3. The van der Waals surface area contributed by atoms with E-state index in [1.807, 2.05) is 0 Å². The number of amides is 1. The number of aromatic nitrogens is 2. The van der Waals surface area contributed by atoms with Gasteiger partial charge in [-0.2, -0.15) is 13.8 Å². The highest BCUT2D eigenvalue weighted by molar-refractivity contribution is 7.92. The summed E-state index contributed by atoms with van der Waals surface area (Å²) >= 11 is 0. The van der Waals surface area contributed by atoms with E-state index in [1.54, 1.807) is 36.4 Å². The van der Waals surface area contributed by atoms with Gasteiger partial charge in [-0.05, 0) is 50.2 Å². The van der Waals surface area contributed by atoms with Gasteiger partial charge in [0.05, 0.1) is 28.6 Å². The molecule has 2 aromatic carbocycles. The van der Waals surface area contributed by atoms with Crippen molar-refractivity contribution in [3.8, 4) is 5.75 Å². The zero-order chi connectivity index (χ0) is 25.6. The van der Waals surface area contributed by atoms with Gasteiger partial charge < -0.3 is 26.4 Å². The topological polar surface area (TPSA) is 148 Å². The van der Waals surface area contributed by atoms with Crippen LogP contribution in [0.15, 0.2) is 59.6 Å². The summed E-state index contributed by atoms with van der Waals surface area (Å²) in [6, 6.07) is 12.6. The lowest BCUT2D eigenvalue weighted by molar-refractivity contribution is -0.114. The minimum Gasteiger partial charge on any atom is -0.429 e. The highest BCUT2D eigenvalue weighted by Gasteiger charge is 2.24. The summed E-state index contributed by atoms with van der Waals surface area (Å²) in [6.45, 7) is -0.227. The number of alkyl halides is 2. The van der Waals surface area contributed by atoms with Gasteiger partial charge in [-0.15, -0.1) is 0 Å². The van der Waals surface area contributed by atoms with E-state index in [0.717, 1.165) is 6.20 Å². The normalized spacial score (nSPS) is 11.4. The van der Waals surface area contributed by atoms with Crippen molar-refractivity contribution in [1.82, 2.24) is 9.97 Å². The quantitative estimate of drug-likeness (QED) is 0.323. The van der Waals surface area contributed by atoms with E-state index in [2.05, 4.69) is 30.7 Å². The van der Waals surface area contributed by atoms with Crippen LogP contribution >= 0.6 is 0 Å². The van der Waals surface area contributed by atoms with Crippen LogP contribution in [0.2, 0.25) is 0 Å². The molecule has 13 heteroatoms. The van der Waals surface area contributed by atoms with E-state index in [9.17, 15) is 22.0 Å². The molecule has 0 spiro atoms. The molecule has 0 aliphatic heterocycles. The summed E-state index contributed by atoms with van der Waals surface area (Å²) in [6.07, 6.45) is 1.04. The minimum absolute atomic E-state index is 0.0127. The smallest absolute Gasteiger partial charge is 0.387 e. The van der Waals surface area contributed by atoms with Crippen LogP contribution in [0.25, 0.3) is 0 Å². The first-order valence-electron chi connectivity index (χ1n) is 10.4. The molecule has 186 valence electrons. The minimum atomic E-state index is -3.69. The summed E-state index contributed by atoms with van der Waals surface area (Å²) < 4.78 is 55.9. The molecule has 1 aromatic heterocycles. The molecule has 5 N–H and O–H groups in total. The van der Waals surface area contributed by atoms with Crippen LogP contribution in [0.5, 0.6) is 5.75 Å². The number of rotatable bonds is 10. The molecule has 0 fully saturated rings. The van der Waals surface area contributed by atoms with Crippen molar-refractivity contribution in [3.05, 3.63) is 54.7 Å². The monoisotopic (exact) mass is 506 g/mol. The Hall–Kier alpha value is -3.84. The van der Waals surface area contributed by atoms with Gasteiger partial charge in [-0.3, -0.25) is 4.79 Å². The predicted molar refractivity (Wildman–Crippen MR) is 128 cm³/mol. The largest absolute Gasteiger partial charge is 0.429 e. The Morgan fingerprint density at radius 2 is 1.71 bits per heavy atom. The molecule has 0 bridgehead atoms. The maximum absolute atomic E-state index is 13.0. The number of nitrogens with two attached hydrogens (primary N) is 1. The van der Waals surface area contributed by atoms with Crippen LogP contribution < -0.4 is 26.4 Å². The predicted octanol–water partition coefficient (Wildman–Crippen LogP) is 3.64. The summed E-state index contributed by atoms with van der Waals surface area (Å²) in [5.41, 5.74) is 6.48. The van der Waals surface area contributed by atoms with E-state index in [1.165, 1.54) is 26.0 Å². The second-order valence-electron chi connectivity index (χ2n) is 7.45. The number of ether oxygens (including phenoxy) is 1. The Morgan fingerprint density at radius 3 is 2.34 bits per heavy atom. The molecule has 1 heterocycles. The van der Waals surface area contributed by atoms with Gasteiger partial charge in [0.25, 0.3) is 0 Å². The molecular weight excluding hydrogens is 482 g/mol. The van der Waals surface area contributed by atoms with Gasteiger partial charge in [-0.25, -0.2) is 13.4 Å². The number of hydrogen-bond acceptors (Lipinski definition) is 9. The first-order chi connectivity index (χ1) is 16.6. The fourth-order valence-electron chi connectivity index (χ4n) is 2.88. The molecule has 0 radical (unpaired) electrons. The average molecular weight is 507 g/mol. The zero-order valence-electron chi connectivity index (χ0n) is 18.8. The molecule has 1 amide bonds. The lowest BCUT2D eigenvalue weighted by Crippen LogP contribution is -2.21. The summed E-state index contributed by atoms with van der Waals surface area (Å²) in [5.74, 6) is -0.862. The maximum atomic E-state index is 13.0. The van der Waals surface area contributed by atoms with E-state index in [-0.39, 0.29) is 40.6 Å². The number of hydrogen-bond donors (Lipinski definition) is 4. The number of nitrogens with zero attached hydrogens (tertiary/aromatic N) is 2. The summed E-state index contributed by atoms with van der Waals surface area (Å²) in [5, 5.41) is 7.58. The third-order valence-electron chi connectivity index (χ3n) is 4.65. The number of benzene rings is 2. The van der Waals surface area contributed by atoms with Crippen LogP contribution in [0, 0.1) is 0 Å². The SMILES string of the molecule is CC(C)S(=O)(=O)c1ccccc1Nc1nc(Nc2ccc(NC(=O)CN)cc2)ncc1OC(F)F. The number of halogens is 2. The second kappa shape index (κ2) is 11.1. The molecule has 0 aliphatic rings. The number of sulfone groups is 1.